The molecule has 0 spiro atoms. The molecule has 0 bridgehead atoms. The van der Waals surface area contributed by atoms with Gasteiger partial charge in [-0.25, -0.2) is 32.5 Å². The minimum atomic E-state index is -1.13. The van der Waals surface area contributed by atoms with Crippen LogP contribution in [-0.4, -0.2) is 44.8 Å². The Balaban J connectivity index is 1.82. The van der Waals surface area contributed by atoms with Crippen LogP contribution in [0.5, 0.6) is 0 Å². The van der Waals surface area contributed by atoms with Gasteiger partial charge in [0.2, 0.25) is 5.95 Å². The zero-order valence-electron chi connectivity index (χ0n) is 14.1. The van der Waals surface area contributed by atoms with Crippen LogP contribution in [0.4, 0.5) is 23.5 Å². The Labute approximate surface area is 151 Å². The Morgan fingerprint density at radius 2 is 1.85 bits per heavy atom. The summed E-state index contributed by atoms with van der Waals surface area (Å²) in [4.78, 5) is 13.8. The third-order valence-corrected chi connectivity index (χ3v) is 4.57. The number of rotatable bonds is 3. The summed E-state index contributed by atoms with van der Waals surface area (Å²) in [6.07, 6.45) is 1.08. The highest BCUT2D eigenvalue weighted by Crippen LogP contribution is 2.28. The molecule has 1 fully saturated rings. The maximum Gasteiger partial charge on any atom is 0.207 e. The number of nitrogens with two attached hydrogens (primary N) is 1. The third-order valence-electron chi connectivity index (χ3n) is 4.57. The van der Waals surface area contributed by atoms with Crippen LogP contribution < -0.4 is 10.6 Å². The smallest absolute Gasteiger partial charge is 0.207 e. The van der Waals surface area contributed by atoms with Gasteiger partial charge in [-0.1, -0.05) is 0 Å². The van der Waals surface area contributed by atoms with Gasteiger partial charge in [-0.15, -0.1) is 0 Å². The van der Waals surface area contributed by atoms with Crippen molar-refractivity contribution in [1.29, 1.82) is 0 Å². The first-order valence-corrected chi connectivity index (χ1v) is 8.38. The van der Waals surface area contributed by atoms with E-state index in [1.54, 1.807) is 4.90 Å². The lowest BCUT2D eigenvalue weighted by atomic mass is 10.1. The molecule has 0 aliphatic carbocycles. The van der Waals surface area contributed by atoms with Crippen LogP contribution in [0.3, 0.4) is 0 Å². The number of benzene rings is 1. The number of alkyl halides is 1. The quantitative estimate of drug-likeness (QED) is 0.705. The summed E-state index contributed by atoms with van der Waals surface area (Å²) < 4.78 is 56.4. The van der Waals surface area contributed by atoms with Crippen molar-refractivity contribution >= 4 is 17.0 Å². The van der Waals surface area contributed by atoms with Crippen molar-refractivity contribution in [2.24, 2.45) is 5.73 Å². The van der Waals surface area contributed by atoms with Crippen LogP contribution >= 0.6 is 0 Å². The van der Waals surface area contributed by atoms with Crippen molar-refractivity contribution in [2.45, 2.75) is 25.2 Å². The lowest BCUT2D eigenvalue weighted by molar-refractivity contribution is 0.243. The average molecular weight is 380 g/mol. The van der Waals surface area contributed by atoms with Gasteiger partial charge in [0.1, 0.15) is 23.3 Å². The van der Waals surface area contributed by atoms with Crippen molar-refractivity contribution < 1.29 is 17.6 Å². The lowest BCUT2D eigenvalue weighted by Gasteiger charge is -2.34. The molecule has 3 aromatic rings. The SMILES string of the molecule is N[C@@H]1CN(c2nc3cc(F)cc(F)c3n2Cc2ncc(F)cn2)CC[C@H]1F. The highest BCUT2D eigenvalue weighted by molar-refractivity contribution is 5.80. The van der Waals surface area contributed by atoms with Gasteiger partial charge in [-0.2, -0.15) is 0 Å². The molecule has 0 radical (unpaired) electrons. The predicted octanol–water partition coefficient (Wildman–Crippen LogP) is 2.17. The molecule has 10 heteroatoms. The zero-order chi connectivity index (χ0) is 19.1. The summed E-state index contributed by atoms with van der Waals surface area (Å²) in [5.41, 5.74) is 6.00. The molecule has 4 rings (SSSR count). The average Bonchev–Trinajstić information content (AvgIpc) is 2.97. The first kappa shape index (κ1) is 17.7. The molecule has 3 heterocycles. The molecule has 27 heavy (non-hydrogen) atoms. The Kier molecular flexibility index (Phi) is 4.42. The summed E-state index contributed by atoms with van der Waals surface area (Å²) in [7, 11) is 0. The molecule has 2 aromatic heterocycles. The maximum absolute atomic E-state index is 14.5. The molecule has 2 atom stereocenters. The van der Waals surface area contributed by atoms with E-state index < -0.39 is 29.7 Å². The molecule has 142 valence electrons. The van der Waals surface area contributed by atoms with E-state index in [1.807, 2.05) is 0 Å². The number of hydrogen-bond donors (Lipinski definition) is 1. The molecule has 1 saturated heterocycles. The first-order valence-electron chi connectivity index (χ1n) is 8.38. The lowest BCUT2D eigenvalue weighted by Crippen LogP contribution is -2.50. The Bertz CT molecular complexity index is 974. The number of hydrogen-bond acceptors (Lipinski definition) is 5. The molecule has 6 nitrogen and oxygen atoms in total. The van der Waals surface area contributed by atoms with Gasteiger partial charge >= 0.3 is 0 Å². The van der Waals surface area contributed by atoms with E-state index in [-0.39, 0.29) is 36.4 Å². The summed E-state index contributed by atoms with van der Waals surface area (Å²) in [5.74, 6) is -1.61. The number of halogens is 4. The molecule has 2 N–H and O–H groups in total. The predicted molar refractivity (Wildman–Crippen MR) is 90.4 cm³/mol. The van der Waals surface area contributed by atoms with Crippen LogP contribution in [0.15, 0.2) is 24.5 Å². The van der Waals surface area contributed by atoms with Crippen molar-refractivity contribution in [3.8, 4) is 0 Å². The molecule has 0 unspecified atom stereocenters. The van der Waals surface area contributed by atoms with Gasteiger partial charge in [0.05, 0.1) is 30.5 Å². The fraction of sp³-hybridized carbons (Fsp3) is 0.353. The minimum Gasteiger partial charge on any atom is -0.340 e. The largest absolute Gasteiger partial charge is 0.340 e. The topological polar surface area (TPSA) is 72.9 Å². The molecule has 0 saturated carbocycles. The molecule has 1 aliphatic rings. The van der Waals surface area contributed by atoms with Crippen molar-refractivity contribution in [1.82, 2.24) is 19.5 Å². The number of piperidine rings is 1. The second kappa shape index (κ2) is 6.76. The van der Waals surface area contributed by atoms with Gasteiger partial charge in [-0.3, -0.25) is 4.57 Å². The van der Waals surface area contributed by atoms with E-state index >= 15 is 0 Å². The number of fused-ring (bicyclic) bond motifs is 1. The van der Waals surface area contributed by atoms with E-state index in [9.17, 15) is 17.6 Å². The molecular weight excluding hydrogens is 364 g/mol. The van der Waals surface area contributed by atoms with Crippen molar-refractivity contribution in [3.05, 3.63) is 47.8 Å². The van der Waals surface area contributed by atoms with E-state index in [2.05, 4.69) is 15.0 Å². The van der Waals surface area contributed by atoms with Crippen molar-refractivity contribution in [3.63, 3.8) is 0 Å². The van der Waals surface area contributed by atoms with Gasteiger partial charge < -0.3 is 10.6 Å². The van der Waals surface area contributed by atoms with Gasteiger partial charge in [-0.05, 0) is 6.42 Å². The maximum atomic E-state index is 14.5. The van der Waals surface area contributed by atoms with Crippen LogP contribution in [0.1, 0.15) is 12.2 Å². The molecule has 0 amide bonds. The highest BCUT2D eigenvalue weighted by atomic mass is 19.1. The van der Waals surface area contributed by atoms with Crippen molar-refractivity contribution in [2.75, 3.05) is 18.0 Å². The van der Waals surface area contributed by atoms with Crippen LogP contribution in [0, 0.1) is 17.5 Å². The summed E-state index contributed by atoms with van der Waals surface area (Å²) in [5, 5.41) is 0. The number of aromatic nitrogens is 4. The van der Waals surface area contributed by atoms with Crippen LogP contribution in [0.2, 0.25) is 0 Å². The van der Waals surface area contributed by atoms with E-state index in [4.69, 9.17) is 5.73 Å². The Hall–Kier alpha value is -2.75. The number of anilines is 1. The second-order valence-electron chi connectivity index (χ2n) is 6.49. The summed E-state index contributed by atoms with van der Waals surface area (Å²) in [6.45, 7) is 0.491. The number of nitrogens with zero attached hydrogens (tertiary/aromatic N) is 5. The second-order valence-corrected chi connectivity index (χ2v) is 6.49. The van der Waals surface area contributed by atoms with Gasteiger partial charge in [0.25, 0.3) is 0 Å². The van der Waals surface area contributed by atoms with E-state index in [0.717, 1.165) is 24.5 Å². The molecule has 1 aromatic carbocycles. The zero-order valence-corrected chi connectivity index (χ0v) is 14.1. The minimum absolute atomic E-state index is 0.0144. The third kappa shape index (κ3) is 3.32. The standard InChI is InChI=1S/C17H16F4N6/c18-9-3-12(21)16-14(4-9)25-17(26-2-1-11(20)13(22)7-26)27(16)8-15-23-5-10(19)6-24-15/h3-6,11,13H,1-2,7-8,22H2/t11-,13-/m1/s1. The van der Waals surface area contributed by atoms with Gasteiger partial charge in [0.15, 0.2) is 11.6 Å². The van der Waals surface area contributed by atoms with Gasteiger partial charge in [0, 0.05) is 25.2 Å². The normalized spacial score (nSPS) is 20.4. The summed E-state index contributed by atoms with van der Waals surface area (Å²) >= 11 is 0. The van der Waals surface area contributed by atoms with Crippen LogP contribution in [0.25, 0.3) is 11.0 Å². The molecule has 1 aliphatic heterocycles. The highest BCUT2D eigenvalue weighted by Gasteiger charge is 2.30. The van der Waals surface area contributed by atoms with E-state index in [1.165, 1.54) is 4.57 Å². The molecular formula is C17H16F4N6. The Morgan fingerprint density at radius 3 is 2.56 bits per heavy atom. The first-order chi connectivity index (χ1) is 12.9. The van der Waals surface area contributed by atoms with Crippen LogP contribution in [-0.2, 0) is 6.54 Å². The monoisotopic (exact) mass is 380 g/mol. The number of imidazole rings is 1. The fourth-order valence-electron chi connectivity index (χ4n) is 3.26. The summed E-state index contributed by atoms with van der Waals surface area (Å²) in [6, 6.07) is 1.16. The Morgan fingerprint density at radius 1 is 1.11 bits per heavy atom. The fourth-order valence-corrected chi connectivity index (χ4v) is 3.26. The van der Waals surface area contributed by atoms with E-state index in [0.29, 0.717) is 12.5 Å².